The highest BCUT2D eigenvalue weighted by Crippen LogP contribution is 2.23. The van der Waals surface area contributed by atoms with E-state index in [4.69, 9.17) is 9.26 Å². The zero-order chi connectivity index (χ0) is 19.5. The Labute approximate surface area is 159 Å². The van der Waals surface area contributed by atoms with Gasteiger partial charge in [-0.1, -0.05) is 35.5 Å². The second-order valence-electron chi connectivity index (χ2n) is 6.04. The van der Waals surface area contributed by atoms with Crippen LogP contribution in [-0.2, 0) is 6.54 Å². The average molecular weight is 376 g/mol. The van der Waals surface area contributed by atoms with E-state index in [1.165, 1.54) is 0 Å². The first-order chi connectivity index (χ1) is 13.7. The fourth-order valence-corrected chi connectivity index (χ4v) is 2.85. The number of amides is 1. The highest BCUT2D eigenvalue weighted by atomic mass is 16.5. The van der Waals surface area contributed by atoms with E-state index in [-0.39, 0.29) is 17.8 Å². The normalized spacial score (nSPS) is 10.8. The van der Waals surface area contributed by atoms with Crippen LogP contribution < -0.4 is 15.6 Å². The Bertz CT molecular complexity index is 1210. The summed E-state index contributed by atoms with van der Waals surface area (Å²) in [5.41, 5.74) is 1.28. The van der Waals surface area contributed by atoms with Gasteiger partial charge in [-0.3, -0.25) is 9.59 Å². The number of aromatic nitrogens is 3. The maximum Gasteiger partial charge on any atom is 0.272 e. The Morgan fingerprint density at radius 3 is 2.79 bits per heavy atom. The molecule has 0 saturated carbocycles. The van der Waals surface area contributed by atoms with E-state index in [1.54, 1.807) is 37.4 Å². The Balaban J connectivity index is 1.51. The molecule has 1 amide bonds. The fourth-order valence-electron chi connectivity index (χ4n) is 2.85. The molecule has 28 heavy (non-hydrogen) atoms. The maximum absolute atomic E-state index is 12.5. The number of fused-ring (bicyclic) bond motifs is 1. The molecule has 2 N–H and O–H groups in total. The molecule has 8 nitrogen and oxygen atoms in total. The number of hydrogen-bond acceptors (Lipinski definition) is 6. The molecule has 2 heterocycles. The lowest BCUT2D eigenvalue weighted by Gasteiger charge is -2.05. The van der Waals surface area contributed by atoms with Crippen molar-refractivity contribution in [1.29, 1.82) is 0 Å². The van der Waals surface area contributed by atoms with Gasteiger partial charge in [0.15, 0.2) is 11.5 Å². The van der Waals surface area contributed by atoms with Gasteiger partial charge in [-0.05, 0) is 18.2 Å². The summed E-state index contributed by atoms with van der Waals surface area (Å²) in [6, 6.07) is 16.0. The van der Waals surface area contributed by atoms with Gasteiger partial charge in [-0.15, -0.1) is 0 Å². The zero-order valence-electron chi connectivity index (χ0n) is 14.9. The van der Waals surface area contributed by atoms with E-state index in [9.17, 15) is 9.59 Å². The van der Waals surface area contributed by atoms with E-state index in [2.05, 4.69) is 20.7 Å². The number of nitrogens with one attached hydrogen (secondary N) is 2. The molecule has 140 valence electrons. The van der Waals surface area contributed by atoms with Gasteiger partial charge in [0, 0.05) is 17.0 Å². The first-order valence-electron chi connectivity index (χ1n) is 8.51. The number of H-pyrrole nitrogens is 1. The van der Waals surface area contributed by atoms with Gasteiger partial charge < -0.3 is 14.6 Å². The third-order valence-electron chi connectivity index (χ3n) is 4.26. The standard InChI is InChI=1S/C20H16N4O4/c1-27-13-6-4-5-12(9-13)17-10-14(28-24-17)11-21-20(26)18-15-7-2-3-8-16(15)19(25)23-22-18/h2-10H,11H2,1H3,(H,21,26)(H,23,25). The summed E-state index contributed by atoms with van der Waals surface area (Å²) < 4.78 is 10.5. The molecule has 2 aromatic heterocycles. The molecular weight excluding hydrogens is 360 g/mol. The minimum atomic E-state index is -0.424. The van der Waals surface area contributed by atoms with Gasteiger partial charge in [0.25, 0.3) is 11.5 Å². The molecule has 2 aromatic carbocycles. The summed E-state index contributed by atoms with van der Waals surface area (Å²) >= 11 is 0. The van der Waals surface area contributed by atoms with Crippen molar-refractivity contribution in [2.75, 3.05) is 7.11 Å². The molecule has 0 saturated heterocycles. The number of nitrogens with zero attached hydrogens (tertiary/aromatic N) is 2. The van der Waals surface area contributed by atoms with Crippen molar-refractivity contribution in [2.24, 2.45) is 0 Å². The van der Waals surface area contributed by atoms with E-state index < -0.39 is 5.91 Å². The van der Waals surface area contributed by atoms with Crippen LogP contribution in [0.25, 0.3) is 22.0 Å². The molecule has 0 radical (unpaired) electrons. The molecule has 4 rings (SSSR count). The second kappa shape index (κ2) is 7.36. The lowest BCUT2D eigenvalue weighted by Crippen LogP contribution is -2.26. The molecule has 0 atom stereocenters. The number of hydrogen-bond donors (Lipinski definition) is 2. The summed E-state index contributed by atoms with van der Waals surface area (Å²) in [7, 11) is 1.59. The molecule has 0 unspecified atom stereocenters. The predicted molar refractivity (Wildman–Crippen MR) is 102 cm³/mol. The zero-order valence-corrected chi connectivity index (χ0v) is 14.9. The van der Waals surface area contributed by atoms with Crippen molar-refractivity contribution in [3.8, 4) is 17.0 Å². The predicted octanol–water partition coefficient (Wildman–Crippen LogP) is 2.52. The number of carbonyl (C=O) groups is 1. The minimum Gasteiger partial charge on any atom is -0.497 e. The van der Waals surface area contributed by atoms with Gasteiger partial charge in [0.05, 0.1) is 19.0 Å². The number of rotatable bonds is 5. The SMILES string of the molecule is COc1cccc(-c2cc(CNC(=O)c3n[nH]c(=O)c4ccccc34)on2)c1. The fraction of sp³-hybridized carbons (Fsp3) is 0.100. The summed E-state index contributed by atoms with van der Waals surface area (Å²) in [6.07, 6.45) is 0. The van der Waals surface area contributed by atoms with E-state index in [0.717, 1.165) is 5.56 Å². The van der Waals surface area contributed by atoms with Crippen LogP contribution in [0.3, 0.4) is 0 Å². The summed E-state index contributed by atoms with van der Waals surface area (Å²) in [5, 5.41) is 13.9. The van der Waals surface area contributed by atoms with E-state index in [1.807, 2.05) is 24.3 Å². The number of ether oxygens (including phenoxy) is 1. The third-order valence-corrected chi connectivity index (χ3v) is 4.26. The topological polar surface area (TPSA) is 110 Å². The third kappa shape index (κ3) is 3.35. The molecule has 4 aromatic rings. The smallest absolute Gasteiger partial charge is 0.272 e. The molecule has 0 bridgehead atoms. The minimum absolute atomic E-state index is 0.130. The number of aromatic amines is 1. The number of methoxy groups -OCH3 is 1. The summed E-state index contributed by atoms with van der Waals surface area (Å²) in [6.45, 7) is 0.130. The first-order valence-corrected chi connectivity index (χ1v) is 8.51. The monoisotopic (exact) mass is 376 g/mol. The molecular formula is C20H16N4O4. The van der Waals surface area contributed by atoms with Gasteiger partial charge in [0.1, 0.15) is 11.4 Å². The van der Waals surface area contributed by atoms with Crippen molar-refractivity contribution < 1.29 is 14.1 Å². The van der Waals surface area contributed by atoms with Crippen molar-refractivity contribution in [1.82, 2.24) is 20.7 Å². The number of carbonyl (C=O) groups excluding carboxylic acids is 1. The van der Waals surface area contributed by atoms with E-state index in [0.29, 0.717) is 28.0 Å². The van der Waals surface area contributed by atoms with Gasteiger partial charge in [0.2, 0.25) is 0 Å². The van der Waals surface area contributed by atoms with Crippen molar-refractivity contribution in [3.05, 3.63) is 76.4 Å². The second-order valence-corrected chi connectivity index (χ2v) is 6.04. The molecule has 0 aliphatic rings. The van der Waals surface area contributed by atoms with Crippen LogP contribution >= 0.6 is 0 Å². The largest absolute Gasteiger partial charge is 0.497 e. The van der Waals surface area contributed by atoms with Crippen LogP contribution in [0.1, 0.15) is 16.2 Å². The Hall–Kier alpha value is -3.94. The van der Waals surface area contributed by atoms with Gasteiger partial charge in [-0.25, -0.2) is 5.10 Å². The number of benzene rings is 2. The van der Waals surface area contributed by atoms with Gasteiger partial charge in [-0.2, -0.15) is 5.10 Å². The molecule has 0 aliphatic carbocycles. The molecule has 8 heteroatoms. The van der Waals surface area contributed by atoms with Crippen LogP contribution in [0, 0.1) is 0 Å². The van der Waals surface area contributed by atoms with Crippen LogP contribution in [0.2, 0.25) is 0 Å². The van der Waals surface area contributed by atoms with Crippen LogP contribution in [0.5, 0.6) is 5.75 Å². The Kier molecular flexibility index (Phi) is 4.59. The van der Waals surface area contributed by atoms with Crippen molar-refractivity contribution >= 4 is 16.7 Å². The van der Waals surface area contributed by atoms with Crippen LogP contribution in [0.15, 0.2) is 63.9 Å². The Morgan fingerprint density at radius 2 is 1.96 bits per heavy atom. The van der Waals surface area contributed by atoms with Crippen molar-refractivity contribution in [3.63, 3.8) is 0 Å². The highest BCUT2D eigenvalue weighted by molar-refractivity contribution is 6.04. The molecule has 0 spiro atoms. The first kappa shape index (κ1) is 17.5. The quantitative estimate of drug-likeness (QED) is 0.554. The molecule has 0 aliphatic heterocycles. The highest BCUT2D eigenvalue weighted by Gasteiger charge is 2.15. The lowest BCUT2D eigenvalue weighted by molar-refractivity contribution is 0.0943. The summed E-state index contributed by atoms with van der Waals surface area (Å²) in [4.78, 5) is 24.4. The lowest BCUT2D eigenvalue weighted by atomic mass is 10.1. The average Bonchev–Trinajstić information content (AvgIpc) is 3.22. The van der Waals surface area contributed by atoms with Crippen LogP contribution in [0.4, 0.5) is 0 Å². The van der Waals surface area contributed by atoms with Gasteiger partial charge >= 0.3 is 0 Å². The van der Waals surface area contributed by atoms with Crippen molar-refractivity contribution in [2.45, 2.75) is 6.54 Å². The Morgan fingerprint density at radius 1 is 1.14 bits per heavy atom. The maximum atomic E-state index is 12.5. The van der Waals surface area contributed by atoms with Crippen LogP contribution in [-0.4, -0.2) is 28.4 Å². The summed E-state index contributed by atoms with van der Waals surface area (Å²) in [5.74, 6) is 0.776. The molecule has 0 fully saturated rings. The van der Waals surface area contributed by atoms with E-state index >= 15 is 0 Å².